The predicted molar refractivity (Wildman–Crippen MR) is 70.9 cm³/mol. The van der Waals surface area contributed by atoms with Gasteiger partial charge in [-0.15, -0.1) is 0 Å². The lowest BCUT2D eigenvalue weighted by Gasteiger charge is -2.20. The van der Waals surface area contributed by atoms with Crippen molar-refractivity contribution >= 4 is 0 Å². The predicted octanol–water partition coefficient (Wildman–Crippen LogP) is 3.37. The lowest BCUT2D eigenvalue weighted by Crippen LogP contribution is -2.23. The fourth-order valence-corrected chi connectivity index (χ4v) is 2.16. The molecule has 1 atom stereocenters. The number of aryl methyl sites for hydroxylation is 1. The van der Waals surface area contributed by atoms with E-state index in [0.717, 1.165) is 23.2 Å². The van der Waals surface area contributed by atoms with Crippen molar-refractivity contribution in [1.29, 1.82) is 0 Å². The first-order valence-corrected chi connectivity index (χ1v) is 6.21. The minimum absolute atomic E-state index is 0.186. The summed E-state index contributed by atoms with van der Waals surface area (Å²) in [6.45, 7) is 4.53. The second-order valence-corrected chi connectivity index (χ2v) is 4.43. The maximum Gasteiger partial charge on any atom is 0.141 e. The Balaban J connectivity index is 2.45. The van der Waals surface area contributed by atoms with Crippen molar-refractivity contribution in [1.82, 2.24) is 10.3 Å². The minimum Gasteiger partial charge on any atom is -0.306 e. The molecule has 2 nitrogen and oxygen atoms in total. The van der Waals surface area contributed by atoms with E-state index < -0.39 is 0 Å². The smallest absolute Gasteiger partial charge is 0.141 e. The van der Waals surface area contributed by atoms with Gasteiger partial charge in [0.15, 0.2) is 0 Å². The van der Waals surface area contributed by atoms with Crippen LogP contribution >= 0.6 is 0 Å². The van der Waals surface area contributed by atoms with Crippen LogP contribution in [0.3, 0.4) is 0 Å². The molecule has 0 spiro atoms. The molecule has 2 rings (SSSR count). The standard InChI is InChI=1S/C15H16F2N2/c1-3-19-15(11-7-13(17)9-18-8-11)14-5-4-12(16)6-10(14)2/h4-9,15,19H,3H2,1-2H3. The molecule has 1 N–H and O–H groups in total. The van der Waals surface area contributed by atoms with Gasteiger partial charge in [0.05, 0.1) is 12.2 Å². The number of pyridine rings is 1. The lowest BCUT2D eigenvalue weighted by atomic mass is 9.96. The number of rotatable bonds is 4. The van der Waals surface area contributed by atoms with E-state index >= 15 is 0 Å². The van der Waals surface area contributed by atoms with Crippen LogP contribution in [-0.2, 0) is 0 Å². The van der Waals surface area contributed by atoms with Crippen LogP contribution in [0.5, 0.6) is 0 Å². The van der Waals surface area contributed by atoms with Gasteiger partial charge in [0.1, 0.15) is 11.6 Å². The van der Waals surface area contributed by atoms with Crippen LogP contribution in [0.2, 0.25) is 0 Å². The molecule has 0 amide bonds. The molecule has 0 bridgehead atoms. The van der Waals surface area contributed by atoms with Gasteiger partial charge >= 0.3 is 0 Å². The number of nitrogens with zero attached hydrogens (tertiary/aromatic N) is 1. The number of halogens is 2. The Labute approximate surface area is 111 Å². The molecular formula is C15H16F2N2. The van der Waals surface area contributed by atoms with Crippen LogP contribution in [0.1, 0.15) is 29.7 Å². The van der Waals surface area contributed by atoms with Crippen LogP contribution in [0.25, 0.3) is 0 Å². The first kappa shape index (κ1) is 13.6. The maximum atomic E-state index is 13.3. The molecule has 4 heteroatoms. The van der Waals surface area contributed by atoms with Crippen molar-refractivity contribution in [3.05, 3.63) is 65.0 Å². The summed E-state index contributed by atoms with van der Waals surface area (Å²) < 4.78 is 26.5. The minimum atomic E-state index is -0.375. The molecule has 0 aliphatic rings. The van der Waals surface area contributed by atoms with Crippen LogP contribution < -0.4 is 5.32 Å². The molecule has 1 heterocycles. The van der Waals surface area contributed by atoms with Crippen LogP contribution in [0, 0.1) is 18.6 Å². The van der Waals surface area contributed by atoms with Gasteiger partial charge in [0.25, 0.3) is 0 Å². The van der Waals surface area contributed by atoms with E-state index in [1.54, 1.807) is 12.3 Å². The van der Waals surface area contributed by atoms with Gasteiger partial charge in [-0.25, -0.2) is 8.78 Å². The molecule has 1 aromatic carbocycles. The topological polar surface area (TPSA) is 24.9 Å². The van der Waals surface area contributed by atoms with Crippen molar-refractivity contribution in [3.63, 3.8) is 0 Å². The molecule has 1 unspecified atom stereocenters. The highest BCUT2D eigenvalue weighted by atomic mass is 19.1. The fraction of sp³-hybridized carbons (Fsp3) is 0.267. The molecule has 0 aliphatic heterocycles. The van der Waals surface area contributed by atoms with E-state index in [2.05, 4.69) is 10.3 Å². The van der Waals surface area contributed by atoms with Crippen molar-refractivity contribution in [2.75, 3.05) is 6.54 Å². The summed E-state index contributed by atoms with van der Waals surface area (Å²) in [6, 6.07) is 5.88. The number of nitrogens with one attached hydrogen (secondary N) is 1. The Bertz CT molecular complexity index is 570. The van der Waals surface area contributed by atoms with Gasteiger partial charge in [0, 0.05) is 6.20 Å². The Morgan fingerprint density at radius 2 is 1.95 bits per heavy atom. The second kappa shape index (κ2) is 5.89. The summed E-state index contributed by atoms with van der Waals surface area (Å²) in [5.41, 5.74) is 2.49. The molecule has 0 fully saturated rings. The largest absolute Gasteiger partial charge is 0.306 e. The molecule has 100 valence electrons. The highest BCUT2D eigenvalue weighted by Crippen LogP contribution is 2.25. The molecule has 2 aromatic rings. The Hall–Kier alpha value is -1.81. The van der Waals surface area contributed by atoms with E-state index in [-0.39, 0.29) is 17.7 Å². The average Bonchev–Trinajstić information content (AvgIpc) is 2.37. The van der Waals surface area contributed by atoms with Gasteiger partial charge in [-0.2, -0.15) is 0 Å². The molecular weight excluding hydrogens is 246 g/mol. The summed E-state index contributed by atoms with van der Waals surface area (Å²) in [5.74, 6) is -0.644. The van der Waals surface area contributed by atoms with E-state index in [1.165, 1.54) is 24.4 Å². The molecule has 0 saturated carbocycles. The monoisotopic (exact) mass is 262 g/mol. The quantitative estimate of drug-likeness (QED) is 0.913. The number of aromatic nitrogens is 1. The maximum absolute atomic E-state index is 13.3. The highest BCUT2D eigenvalue weighted by molar-refractivity contribution is 5.36. The number of benzene rings is 1. The first-order chi connectivity index (χ1) is 9.11. The third-order valence-corrected chi connectivity index (χ3v) is 3.01. The van der Waals surface area contributed by atoms with Gasteiger partial charge in [-0.05, 0) is 48.4 Å². The number of hydrogen-bond donors (Lipinski definition) is 1. The first-order valence-electron chi connectivity index (χ1n) is 6.21. The zero-order valence-electron chi connectivity index (χ0n) is 11.0. The zero-order chi connectivity index (χ0) is 13.8. The van der Waals surface area contributed by atoms with Crippen molar-refractivity contribution in [3.8, 4) is 0 Å². The molecule has 0 saturated heterocycles. The van der Waals surface area contributed by atoms with E-state index in [4.69, 9.17) is 0 Å². The van der Waals surface area contributed by atoms with Gasteiger partial charge < -0.3 is 5.32 Å². The van der Waals surface area contributed by atoms with Gasteiger partial charge in [-0.1, -0.05) is 13.0 Å². The summed E-state index contributed by atoms with van der Waals surface area (Å²) >= 11 is 0. The molecule has 0 radical (unpaired) electrons. The summed E-state index contributed by atoms with van der Waals surface area (Å²) in [5, 5.41) is 3.27. The Kier molecular flexibility index (Phi) is 4.22. The SMILES string of the molecule is CCNC(c1cncc(F)c1)c1ccc(F)cc1C. The van der Waals surface area contributed by atoms with Crippen LogP contribution in [0.15, 0.2) is 36.7 Å². The van der Waals surface area contributed by atoms with E-state index in [0.29, 0.717) is 0 Å². The molecule has 19 heavy (non-hydrogen) atoms. The summed E-state index contributed by atoms with van der Waals surface area (Å²) in [4.78, 5) is 3.87. The Morgan fingerprint density at radius 1 is 1.16 bits per heavy atom. The second-order valence-electron chi connectivity index (χ2n) is 4.43. The van der Waals surface area contributed by atoms with Crippen molar-refractivity contribution in [2.24, 2.45) is 0 Å². The highest BCUT2D eigenvalue weighted by Gasteiger charge is 2.16. The normalized spacial score (nSPS) is 12.4. The lowest BCUT2D eigenvalue weighted by molar-refractivity contribution is 0.591. The zero-order valence-corrected chi connectivity index (χ0v) is 11.0. The van der Waals surface area contributed by atoms with Crippen LogP contribution in [-0.4, -0.2) is 11.5 Å². The van der Waals surface area contributed by atoms with E-state index in [1.807, 2.05) is 13.8 Å². The molecule has 0 aliphatic carbocycles. The Morgan fingerprint density at radius 3 is 2.58 bits per heavy atom. The molecule has 1 aromatic heterocycles. The fourth-order valence-electron chi connectivity index (χ4n) is 2.16. The number of hydrogen-bond acceptors (Lipinski definition) is 2. The van der Waals surface area contributed by atoms with Crippen molar-refractivity contribution < 1.29 is 8.78 Å². The summed E-state index contributed by atoms with van der Waals surface area (Å²) in [7, 11) is 0. The van der Waals surface area contributed by atoms with E-state index in [9.17, 15) is 8.78 Å². The van der Waals surface area contributed by atoms with Crippen LogP contribution in [0.4, 0.5) is 8.78 Å². The third-order valence-electron chi connectivity index (χ3n) is 3.01. The van der Waals surface area contributed by atoms with Gasteiger partial charge in [0.2, 0.25) is 0 Å². The van der Waals surface area contributed by atoms with Crippen molar-refractivity contribution in [2.45, 2.75) is 19.9 Å². The summed E-state index contributed by atoms with van der Waals surface area (Å²) in [6.07, 6.45) is 2.79. The third kappa shape index (κ3) is 3.15. The average molecular weight is 262 g/mol. The van der Waals surface area contributed by atoms with Gasteiger partial charge in [-0.3, -0.25) is 4.98 Å².